The Labute approximate surface area is 560 Å². The smallest absolute Gasteiger partial charge is 0.413 e. The number of aldehydes is 1. The molecule has 0 spiro atoms. The molecule has 4 atom stereocenters. The molecule has 498 valence electrons. The molecule has 0 saturated carbocycles. The number of halogens is 4. The van der Waals surface area contributed by atoms with Crippen LogP contribution in [0.4, 0.5) is 35.8 Å². The molecule has 1 saturated heterocycles. The predicted octanol–water partition coefficient (Wildman–Crippen LogP) is 10.3. The lowest BCUT2D eigenvalue weighted by atomic mass is 9.96. The van der Waals surface area contributed by atoms with Gasteiger partial charge in [-0.05, 0) is 70.5 Å². The summed E-state index contributed by atoms with van der Waals surface area (Å²) in [6.07, 6.45) is 9.30. The third kappa shape index (κ3) is 19.4. The summed E-state index contributed by atoms with van der Waals surface area (Å²) in [5.41, 5.74) is 6.84. The number of pyridine rings is 3. The van der Waals surface area contributed by atoms with Gasteiger partial charge >= 0.3 is 12.2 Å². The summed E-state index contributed by atoms with van der Waals surface area (Å²) < 4.78 is 39.4. The van der Waals surface area contributed by atoms with Crippen molar-refractivity contribution in [3.63, 3.8) is 0 Å². The highest BCUT2D eigenvalue weighted by molar-refractivity contribution is 6.31. The fourth-order valence-electron chi connectivity index (χ4n) is 10.5. The van der Waals surface area contributed by atoms with E-state index in [9.17, 15) is 42.3 Å². The maximum atomic E-state index is 14.0. The number of carbonyl (C=O) groups excluding carboxylic acids is 7. The van der Waals surface area contributed by atoms with E-state index in [-0.39, 0.29) is 73.3 Å². The van der Waals surface area contributed by atoms with Gasteiger partial charge in [0.2, 0.25) is 24.1 Å². The van der Waals surface area contributed by atoms with E-state index in [0.717, 1.165) is 45.1 Å². The Morgan fingerprint density at radius 2 is 1.22 bits per heavy atom. The van der Waals surface area contributed by atoms with Gasteiger partial charge < -0.3 is 35.1 Å². The van der Waals surface area contributed by atoms with Crippen molar-refractivity contribution in [1.82, 2.24) is 56.3 Å². The third-order valence-corrected chi connectivity index (χ3v) is 16.1. The average molecular weight is 1350 g/mol. The summed E-state index contributed by atoms with van der Waals surface area (Å²) >= 11 is 12.2. The number of benzene rings is 5. The highest BCUT2D eigenvalue weighted by Crippen LogP contribution is 2.26. The minimum atomic E-state index is -0.868. The lowest BCUT2D eigenvalue weighted by Crippen LogP contribution is -2.63. The molecule has 11 rings (SSSR count). The van der Waals surface area contributed by atoms with Gasteiger partial charge in [-0.15, -0.1) is 5.11 Å². The van der Waals surface area contributed by atoms with Crippen molar-refractivity contribution in [2.45, 2.75) is 76.8 Å². The lowest BCUT2D eigenvalue weighted by molar-refractivity contribution is -0.140. The van der Waals surface area contributed by atoms with E-state index in [1.54, 1.807) is 66.4 Å². The maximum absolute atomic E-state index is 14.0. The molecule has 2 unspecified atom stereocenters. The highest BCUT2D eigenvalue weighted by Gasteiger charge is 2.39. The molecule has 3 aliphatic heterocycles. The van der Waals surface area contributed by atoms with Crippen molar-refractivity contribution >= 4 is 116 Å². The van der Waals surface area contributed by atoms with Gasteiger partial charge in [-0.25, -0.2) is 44.2 Å². The Kier molecular flexibility index (Phi) is 25.2. The van der Waals surface area contributed by atoms with Gasteiger partial charge in [0.15, 0.2) is 5.82 Å². The van der Waals surface area contributed by atoms with Crippen LogP contribution in [0.15, 0.2) is 181 Å². The molecule has 25 nitrogen and oxygen atoms in total. The van der Waals surface area contributed by atoms with E-state index in [1.807, 2.05) is 78.9 Å². The third-order valence-electron chi connectivity index (χ3n) is 15.3. The van der Waals surface area contributed by atoms with Gasteiger partial charge in [0.1, 0.15) is 54.8 Å². The number of azo groups is 1. The minimum absolute atomic E-state index is 0.000675. The van der Waals surface area contributed by atoms with E-state index in [4.69, 9.17) is 32.7 Å². The quantitative estimate of drug-likeness (QED) is 0.0231. The van der Waals surface area contributed by atoms with Crippen LogP contribution in [0, 0.1) is 11.6 Å². The summed E-state index contributed by atoms with van der Waals surface area (Å²) in [5, 5.41) is 30.5. The molecular formula is C67H68Cl2F2N16O9. The molecule has 0 bridgehead atoms. The number of nitrogens with one attached hydrogen (secondary N) is 7. The number of hydrogen-bond acceptors (Lipinski definition) is 19. The van der Waals surface area contributed by atoms with Gasteiger partial charge in [-0.2, -0.15) is 5.11 Å². The van der Waals surface area contributed by atoms with Crippen LogP contribution in [0.3, 0.4) is 0 Å². The Hall–Kier alpha value is -10.4. The van der Waals surface area contributed by atoms with Crippen LogP contribution in [0.2, 0.25) is 10.0 Å². The maximum Gasteiger partial charge on any atom is 0.413 e. The van der Waals surface area contributed by atoms with Crippen LogP contribution in [0.5, 0.6) is 0 Å². The molecule has 0 aliphatic carbocycles. The van der Waals surface area contributed by atoms with Crippen LogP contribution >= 0.6 is 23.2 Å². The van der Waals surface area contributed by atoms with E-state index >= 15 is 0 Å². The zero-order valence-corrected chi connectivity index (χ0v) is 53.6. The minimum Gasteiger partial charge on any atom is -0.447 e. The second-order valence-corrected chi connectivity index (χ2v) is 22.6. The Balaban J connectivity index is 0.000000190. The number of aromatic nitrogens is 3. The monoisotopic (exact) mass is 1350 g/mol. The van der Waals surface area contributed by atoms with Gasteiger partial charge in [-0.1, -0.05) is 120 Å². The fraction of sp³-hybridized carbons (Fsp3) is 0.254. The van der Waals surface area contributed by atoms with Crippen LogP contribution in [-0.2, 0) is 46.5 Å². The first-order valence-electron chi connectivity index (χ1n) is 30.4. The van der Waals surface area contributed by atoms with E-state index in [0.29, 0.717) is 60.6 Å². The fourth-order valence-corrected chi connectivity index (χ4v) is 10.9. The van der Waals surface area contributed by atoms with Gasteiger partial charge in [0.25, 0.3) is 0 Å². The second-order valence-electron chi connectivity index (χ2n) is 21.8. The number of carbonyl (C=O) groups is 7. The molecule has 3 aromatic heterocycles. The number of rotatable bonds is 23. The number of piperazine rings is 1. The standard InChI is InChI=1S/C29H28ClFN8O4.C28H32ClFN6O4.C10H8N2O/c1-19(40)39(34-15-22-7-4-8-24(31)28(22)30)23(9-10-27(41)37-11-12-38-18-33-36-26(38)16-37)17-43-29(42)35-25-13-20-5-2-3-6-21(20)14-32-25;1-18(38)36(34-16-21-8-4-9-22(30)26(21)29)24(10-5-13-37)27(23-17-31-11-12-32-23)40-28(39)35-25-14-19-6-2-3-7-20(19)15-33-25;13-7-12-10-5-8-3-1-2-4-9(8)6-11-10/h2-8,11-14,16,23,34H,9-10,15,17-18H2,1H3,(H,32,35,42);2-4,6-9,13-15,23-24,27,31-32,34H,5,10-12,16-17H2,1H3,(H,33,35,39);1-7H,(H,11,12,13)/t23-;23?,24-,27?;/m01./s1. The first-order valence-corrected chi connectivity index (χ1v) is 31.1. The molecule has 3 aliphatic rings. The summed E-state index contributed by atoms with van der Waals surface area (Å²) in [5.74, 6) is -0.511. The molecule has 7 N–H and O–H groups in total. The van der Waals surface area contributed by atoms with Crippen LogP contribution in [0.25, 0.3) is 32.3 Å². The van der Waals surface area contributed by atoms with Crippen molar-refractivity contribution in [3.05, 3.63) is 203 Å². The van der Waals surface area contributed by atoms with Gasteiger partial charge in [0.05, 0.1) is 34.4 Å². The van der Waals surface area contributed by atoms with Crippen molar-refractivity contribution in [3.8, 4) is 0 Å². The number of fused-ring (bicyclic) bond motifs is 4. The number of nitrogens with zero attached hydrogens (tertiary/aromatic N) is 9. The van der Waals surface area contributed by atoms with Gasteiger partial charge in [-0.3, -0.25) is 44.7 Å². The molecule has 6 amide bonds. The first kappa shape index (κ1) is 69.9. The molecule has 29 heteroatoms. The zero-order chi connectivity index (χ0) is 67.9. The van der Waals surface area contributed by atoms with Crippen molar-refractivity contribution in [2.75, 3.05) is 48.9 Å². The number of hydrazine groups is 2. The zero-order valence-electron chi connectivity index (χ0n) is 52.0. The molecule has 96 heavy (non-hydrogen) atoms. The van der Waals surface area contributed by atoms with Crippen LogP contribution in [0.1, 0.15) is 50.7 Å². The van der Waals surface area contributed by atoms with E-state index in [2.05, 4.69) is 62.6 Å². The number of anilines is 3. The molecule has 1 fully saturated rings. The largest absolute Gasteiger partial charge is 0.447 e. The molecular weight excluding hydrogens is 1280 g/mol. The summed E-state index contributed by atoms with van der Waals surface area (Å²) in [6.45, 7) is 4.66. The normalized spacial score (nSPS) is 14.7. The van der Waals surface area contributed by atoms with Crippen molar-refractivity contribution in [1.29, 1.82) is 0 Å². The SMILES string of the molecule is CC(=O)N(NCc1cccc(F)c1Cl)[C@@H](CCC(=O)N1C=CN2CN=NC2=C1)COC(=O)Nc1cc2ccccc2cn1.CC(=O)N(NCc1cccc(F)c1Cl)[C@H](CCC=O)C(OC(=O)Nc1cc2ccccc2cn1)C1CNCCN1.O=CNc1cc2ccccc2cn1. The number of hydrogen-bond donors (Lipinski definition) is 7. The first-order chi connectivity index (χ1) is 46.5. The number of ether oxygens (including phenoxy) is 2. The molecule has 5 aromatic carbocycles. The van der Waals surface area contributed by atoms with Gasteiger partial charge in [0, 0.05) is 107 Å². The molecule has 0 radical (unpaired) electrons. The van der Waals surface area contributed by atoms with Crippen LogP contribution in [-0.4, -0.2) is 135 Å². The second kappa shape index (κ2) is 34.7. The Morgan fingerprint density at radius 3 is 1.76 bits per heavy atom. The molecule has 8 aromatic rings. The molecule has 6 heterocycles. The van der Waals surface area contributed by atoms with E-state index in [1.165, 1.54) is 53.0 Å². The average Bonchev–Trinajstić information content (AvgIpc) is 1.67. The van der Waals surface area contributed by atoms with Crippen LogP contribution < -0.4 is 37.4 Å². The van der Waals surface area contributed by atoms with Crippen molar-refractivity contribution in [2.24, 2.45) is 10.2 Å². The summed E-state index contributed by atoms with van der Waals surface area (Å²) in [4.78, 5) is 102. The lowest BCUT2D eigenvalue weighted by Gasteiger charge is -2.41. The Morgan fingerprint density at radius 1 is 0.677 bits per heavy atom. The summed E-state index contributed by atoms with van der Waals surface area (Å²) in [7, 11) is 0. The predicted molar refractivity (Wildman–Crippen MR) is 358 cm³/mol. The highest BCUT2D eigenvalue weighted by atomic mass is 35.5. The Bertz CT molecular complexity index is 4190. The van der Waals surface area contributed by atoms with E-state index < -0.39 is 47.9 Å². The number of amides is 6. The summed E-state index contributed by atoms with van der Waals surface area (Å²) in [6, 6.07) is 35.2. The topological polar surface area (TPSA) is 299 Å². The van der Waals surface area contributed by atoms with Crippen molar-refractivity contribution < 1.29 is 51.8 Å².